The van der Waals surface area contributed by atoms with Gasteiger partial charge in [0.15, 0.2) is 0 Å². The van der Waals surface area contributed by atoms with E-state index in [9.17, 15) is 14.4 Å². The van der Waals surface area contributed by atoms with E-state index >= 15 is 0 Å². The van der Waals surface area contributed by atoms with Crippen LogP contribution in [-0.2, 0) is 14.3 Å². The van der Waals surface area contributed by atoms with Gasteiger partial charge in [-0.05, 0) is 6.42 Å². The van der Waals surface area contributed by atoms with Crippen molar-refractivity contribution in [3.63, 3.8) is 0 Å². The van der Waals surface area contributed by atoms with Gasteiger partial charge in [0.05, 0.1) is 6.61 Å². The van der Waals surface area contributed by atoms with Crippen LogP contribution in [0.1, 0.15) is 71.1 Å². The molecule has 0 fully saturated rings. The summed E-state index contributed by atoms with van der Waals surface area (Å²) in [4.78, 5) is 34.6. The molecule has 5 nitrogen and oxygen atoms in total. The Morgan fingerprint density at radius 2 is 1.30 bits per heavy atom. The number of nitrogens with zero attached hydrogens (tertiary/aromatic N) is 1. The molecule has 1 aliphatic heterocycles. The third-order valence-electron chi connectivity index (χ3n) is 3.72. The van der Waals surface area contributed by atoms with E-state index in [1.807, 2.05) is 0 Å². The molecule has 23 heavy (non-hydrogen) atoms. The fourth-order valence-electron chi connectivity index (χ4n) is 2.39. The van der Waals surface area contributed by atoms with Crippen LogP contribution < -0.4 is 0 Å². The van der Waals surface area contributed by atoms with Gasteiger partial charge in [0.1, 0.15) is 0 Å². The molecule has 6 heteroatoms. The molecule has 0 radical (unpaired) electrons. The molecule has 1 rings (SSSR count). The van der Waals surface area contributed by atoms with Crippen LogP contribution in [0.4, 0.5) is 4.79 Å². The summed E-state index contributed by atoms with van der Waals surface area (Å²) in [5.41, 5.74) is 0. The van der Waals surface area contributed by atoms with Crippen molar-refractivity contribution in [1.29, 1.82) is 0 Å². The predicted octanol–water partition coefficient (Wildman–Crippen LogP) is 3.32. The molecular formula is C17H28NNaO4. The van der Waals surface area contributed by atoms with Crippen molar-refractivity contribution in [2.75, 3.05) is 6.61 Å². The average Bonchev–Trinajstić information content (AvgIpc) is 2.83. The molecule has 0 N–H and O–H groups in total. The van der Waals surface area contributed by atoms with Crippen LogP contribution in [0, 0.1) is 0 Å². The van der Waals surface area contributed by atoms with Crippen molar-refractivity contribution in [2.24, 2.45) is 0 Å². The van der Waals surface area contributed by atoms with E-state index in [-0.39, 0.29) is 36.2 Å². The standard InChI is InChI=1S/C17H27NO4.Na.H/c1-2-3-4-5-6-7-8-9-10-11-14-22-17(21)18-15(19)12-13-16(18)20;;/h12-13H,2-11,14H2,1H3;;. The molecule has 0 unspecified atom stereocenters. The van der Waals surface area contributed by atoms with Crippen LogP contribution in [0.25, 0.3) is 0 Å². The zero-order chi connectivity index (χ0) is 16.2. The molecule has 1 aliphatic rings. The van der Waals surface area contributed by atoms with Gasteiger partial charge in [-0.3, -0.25) is 9.59 Å². The molecule has 0 bridgehead atoms. The van der Waals surface area contributed by atoms with Gasteiger partial charge in [-0.2, -0.15) is 4.90 Å². The number of hydrogen-bond acceptors (Lipinski definition) is 4. The third kappa shape index (κ3) is 9.28. The van der Waals surface area contributed by atoms with Crippen molar-refractivity contribution in [3.05, 3.63) is 12.2 Å². The number of carbonyl (C=O) groups is 3. The van der Waals surface area contributed by atoms with Crippen LogP contribution in [0.2, 0.25) is 0 Å². The van der Waals surface area contributed by atoms with E-state index in [0.29, 0.717) is 4.90 Å². The molecule has 1 heterocycles. The molecule has 0 aromatic rings. The van der Waals surface area contributed by atoms with Gasteiger partial charge in [0.2, 0.25) is 0 Å². The Hall–Kier alpha value is -0.650. The van der Waals surface area contributed by atoms with Crippen molar-refractivity contribution in [3.8, 4) is 0 Å². The Morgan fingerprint density at radius 1 is 0.870 bits per heavy atom. The van der Waals surface area contributed by atoms with Crippen LogP contribution in [0.15, 0.2) is 12.2 Å². The van der Waals surface area contributed by atoms with Gasteiger partial charge < -0.3 is 4.74 Å². The first kappa shape index (κ1) is 22.4. The average molecular weight is 333 g/mol. The number of unbranched alkanes of at least 4 members (excludes halogenated alkanes) is 9. The Bertz CT molecular complexity index is 391. The number of amides is 3. The Kier molecular flexibility index (Phi) is 13.4. The second-order valence-electron chi connectivity index (χ2n) is 5.64. The van der Waals surface area contributed by atoms with Crippen LogP contribution in [0.5, 0.6) is 0 Å². The van der Waals surface area contributed by atoms with E-state index in [1.165, 1.54) is 44.9 Å². The Labute approximate surface area is 161 Å². The maximum atomic E-state index is 11.5. The SMILES string of the molecule is CCCCCCCCCCCCOC(=O)N1C(=O)C=CC1=O.[NaH]. The molecule has 0 spiro atoms. The number of imide groups is 3. The molecule has 0 saturated carbocycles. The molecule has 0 aliphatic carbocycles. The third-order valence-corrected chi connectivity index (χ3v) is 3.72. The second kappa shape index (κ2) is 13.8. The molecule has 3 amide bonds. The Balaban J connectivity index is 0.00000484. The van der Waals surface area contributed by atoms with Gasteiger partial charge in [-0.25, -0.2) is 4.79 Å². The van der Waals surface area contributed by atoms with E-state index in [1.54, 1.807) is 0 Å². The van der Waals surface area contributed by atoms with Crippen LogP contribution in [0.3, 0.4) is 0 Å². The van der Waals surface area contributed by atoms with Gasteiger partial charge in [-0.1, -0.05) is 64.7 Å². The molecule has 0 atom stereocenters. The van der Waals surface area contributed by atoms with Crippen molar-refractivity contribution < 1.29 is 19.1 Å². The molecule has 126 valence electrons. The Morgan fingerprint density at radius 3 is 1.78 bits per heavy atom. The minimum absolute atomic E-state index is 0. The van der Waals surface area contributed by atoms with E-state index < -0.39 is 17.9 Å². The molecule has 0 aromatic heterocycles. The van der Waals surface area contributed by atoms with E-state index in [0.717, 1.165) is 31.4 Å². The summed E-state index contributed by atoms with van der Waals surface area (Å²) in [5, 5.41) is 0. The van der Waals surface area contributed by atoms with E-state index in [4.69, 9.17) is 4.74 Å². The first-order valence-corrected chi connectivity index (χ1v) is 8.39. The fraction of sp³-hybridized carbons (Fsp3) is 0.706. The summed E-state index contributed by atoms with van der Waals surface area (Å²) in [6, 6.07) is 0. The van der Waals surface area contributed by atoms with Gasteiger partial charge in [0.25, 0.3) is 11.8 Å². The fourth-order valence-corrected chi connectivity index (χ4v) is 2.39. The molecular weight excluding hydrogens is 305 g/mol. The number of ether oxygens (including phenoxy) is 1. The number of rotatable bonds is 11. The second-order valence-corrected chi connectivity index (χ2v) is 5.64. The number of carbonyl (C=O) groups excluding carboxylic acids is 3. The van der Waals surface area contributed by atoms with Crippen molar-refractivity contribution >= 4 is 47.5 Å². The monoisotopic (exact) mass is 333 g/mol. The topological polar surface area (TPSA) is 63.7 Å². The van der Waals surface area contributed by atoms with Crippen LogP contribution in [-0.4, -0.2) is 59.0 Å². The summed E-state index contributed by atoms with van der Waals surface area (Å²) in [6.07, 6.45) is 13.3. The normalized spacial score (nSPS) is 13.3. The van der Waals surface area contributed by atoms with Crippen molar-refractivity contribution in [1.82, 2.24) is 4.90 Å². The van der Waals surface area contributed by atoms with E-state index in [2.05, 4.69) is 6.92 Å². The quantitative estimate of drug-likeness (QED) is 0.330. The first-order valence-electron chi connectivity index (χ1n) is 8.39. The number of hydrogen-bond donors (Lipinski definition) is 0. The molecule has 0 aromatic carbocycles. The summed E-state index contributed by atoms with van der Waals surface area (Å²) >= 11 is 0. The minimum atomic E-state index is -0.865. The summed E-state index contributed by atoms with van der Waals surface area (Å²) in [6.45, 7) is 2.48. The van der Waals surface area contributed by atoms with Crippen molar-refractivity contribution in [2.45, 2.75) is 71.1 Å². The van der Waals surface area contributed by atoms with Gasteiger partial charge in [-0.15, -0.1) is 0 Å². The zero-order valence-electron chi connectivity index (χ0n) is 13.5. The first-order chi connectivity index (χ1) is 10.7. The van der Waals surface area contributed by atoms with Gasteiger partial charge in [0, 0.05) is 12.2 Å². The molecule has 0 saturated heterocycles. The van der Waals surface area contributed by atoms with Gasteiger partial charge >= 0.3 is 35.7 Å². The summed E-state index contributed by atoms with van der Waals surface area (Å²) in [5.74, 6) is -1.25. The summed E-state index contributed by atoms with van der Waals surface area (Å²) in [7, 11) is 0. The van der Waals surface area contributed by atoms with Crippen LogP contribution >= 0.6 is 0 Å². The predicted molar refractivity (Wildman–Crippen MR) is 91.3 cm³/mol. The maximum absolute atomic E-state index is 11.5. The zero-order valence-corrected chi connectivity index (χ0v) is 13.5. The summed E-state index contributed by atoms with van der Waals surface area (Å²) < 4.78 is 4.94.